The van der Waals surface area contributed by atoms with Gasteiger partial charge in [-0.2, -0.15) is 0 Å². The van der Waals surface area contributed by atoms with Crippen LogP contribution in [0.3, 0.4) is 0 Å². The van der Waals surface area contributed by atoms with Crippen LogP contribution >= 0.6 is 0 Å². The Morgan fingerprint density at radius 2 is 2.21 bits per heavy atom. The van der Waals surface area contributed by atoms with Crippen LogP contribution in [0.4, 0.5) is 0 Å². The summed E-state index contributed by atoms with van der Waals surface area (Å²) in [5.74, 6) is -0.0910. The molecule has 0 saturated heterocycles. The molecule has 0 aliphatic rings. The lowest BCUT2D eigenvalue weighted by atomic mass is 10.3. The number of pyridine rings is 1. The minimum absolute atomic E-state index is 0.0910. The Morgan fingerprint density at radius 3 is 2.95 bits per heavy atom. The molecule has 19 heavy (non-hydrogen) atoms. The van der Waals surface area contributed by atoms with Crippen LogP contribution in [0, 0.1) is 13.8 Å². The van der Waals surface area contributed by atoms with E-state index in [1.54, 1.807) is 7.11 Å². The zero-order valence-corrected chi connectivity index (χ0v) is 11.6. The van der Waals surface area contributed by atoms with Gasteiger partial charge in [0.1, 0.15) is 11.3 Å². The summed E-state index contributed by atoms with van der Waals surface area (Å²) in [7, 11) is 1.65. The van der Waals surface area contributed by atoms with Gasteiger partial charge in [-0.15, -0.1) is 0 Å². The van der Waals surface area contributed by atoms with Gasteiger partial charge in [-0.25, -0.2) is 4.98 Å². The van der Waals surface area contributed by atoms with Gasteiger partial charge in [0.15, 0.2) is 0 Å². The molecule has 0 spiro atoms. The van der Waals surface area contributed by atoms with Crippen LogP contribution in [0.5, 0.6) is 0 Å². The van der Waals surface area contributed by atoms with Crippen LogP contribution in [-0.2, 0) is 4.74 Å². The van der Waals surface area contributed by atoms with Crippen LogP contribution in [0.2, 0.25) is 0 Å². The van der Waals surface area contributed by atoms with Gasteiger partial charge in [0.05, 0.1) is 5.69 Å². The van der Waals surface area contributed by atoms with Gasteiger partial charge >= 0.3 is 0 Å². The number of carbonyl (C=O) groups excluding carboxylic acids is 1. The lowest BCUT2D eigenvalue weighted by Crippen LogP contribution is -2.27. The number of imidazole rings is 1. The number of methoxy groups -OCH3 is 1. The minimum atomic E-state index is -0.0910. The van der Waals surface area contributed by atoms with Crippen molar-refractivity contribution in [1.29, 1.82) is 0 Å². The summed E-state index contributed by atoms with van der Waals surface area (Å²) in [6.07, 6.45) is 2.73. The maximum atomic E-state index is 12.2. The molecule has 0 saturated carbocycles. The second-order valence-electron chi connectivity index (χ2n) is 4.58. The van der Waals surface area contributed by atoms with Crippen LogP contribution < -0.4 is 5.32 Å². The highest BCUT2D eigenvalue weighted by molar-refractivity contribution is 5.94. The predicted molar refractivity (Wildman–Crippen MR) is 73.5 cm³/mol. The van der Waals surface area contributed by atoms with Crippen molar-refractivity contribution in [3.8, 4) is 0 Å². The molecular formula is C14H19N3O2. The Kier molecular flexibility index (Phi) is 4.16. The number of nitrogens with one attached hydrogen (secondary N) is 1. The molecule has 0 aromatic carbocycles. The van der Waals surface area contributed by atoms with E-state index >= 15 is 0 Å². The van der Waals surface area contributed by atoms with Gasteiger partial charge in [-0.05, 0) is 31.9 Å². The third kappa shape index (κ3) is 2.93. The second kappa shape index (κ2) is 5.84. The Morgan fingerprint density at radius 1 is 1.42 bits per heavy atom. The third-order valence-corrected chi connectivity index (χ3v) is 2.97. The van der Waals surface area contributed by atoms with Crippen molar-refractivity contribution in [1.82, 2.24) is 14.7 Å². The summed E-state index contributed by atoms with van der Waals surface area (Å²) in [5, 5.41) is 2.89. The number of hydrogen-bond acceptors (Lipinski definition) is 3. The summed E-state index contributed by atoms with van der Waals surface area (Å²) in [4.78, 5) is 16.6. The van der Waals surface area contributed by atoms with Crippen molar-refractivity contribution in [2.45, 2.75) is 20.3 Å². The molecule has 2 aromatic heterocycles. The molecule has 0 atom stereocenters. The number of ether oxygens (including phenoxy) is 1. The SMILES string of the molecule is COCCCNC(=O)c1c(C)nc2ccc(C)cn12. The van der Waals surface area contributed by atoms with E-state index in [-0.39, 0.29) is 5.91 Å². The first-order chi connectivity index (χ1) is 9.13. The quantitative estimate of drug-likeness (QED) is 0.834. The monoisotopic (exact) mass is 261 g/mol. The van der Waals surface area contributed by atoms with E-state index in [0.29, 0.717) is 18.8 Å². The Bertz CT molecular complexity index is 590. The van der Waals surface area contributed by atoms with Crippen molar-refractivity contribution in [2.75, 3.05) is 20.3 Å². The van der Waals surface area contributed by atoms with E-state index in [9.17, 15) is 4.79 Å². The number of aryl methyl sites for hydroxylation is 2. The molecular weight excluding hydrogens is 242 g/mol. The van der Waals surface area contributed by atoms with Crippen LogP contribution in [0.1, 0.15) is 28.2 Å². The molecule has 2 rings (SSSR count). The first kappa shape index (κ1) is 13.5. The van der Waals surface area contributed by atoms with Crippen LogP contribution in [-0.4, -0.2) is 35.6 Å². The molecule has 0 aliphatic carbocycles. The largest absolute Gasteiger partial charge is 0.385 e. The van der Waals surface area contributed by atoms with E-state index in [0.717, 1.165) is 23.3 Å². The third-order valence-electron chi connectivity index (χ3n) is 2.97. The molecule has 0 fully saturated rings. The number of carbonyl (C=O) groups is 1. The molecule has 1 amide bonds. The van der Waals surface area contributed by atoms with Crippen molar-refractivity contribution < 1.29 is 9.53 Å². The first-order valence-electron chi connectivity index (χ1n) is 6.36. The van der Waals surface area contributed by atoms with E-state index in [1.165, 1.54) is 0 Å². The highest BCUT2D eigenvalue weighted by Gasteiger charge is 2.15. The average molecular weight is 261 g/mol. The summed E-state index contributed by atoms with van der Waals surface area (Å²) < 4.78 is 6.80. The van der Waals surface area contributed by atoms with Gasteiger partial charge in [-0.3, -0.25) is 9.20 Å². The Balaban J connectivity index is 2.21. The van der Waals surface area contributed by atoms with Crippen LogP contribution in [0.25, 0.3) is 5.65 Å². The normalized spacial score (nSPS) is 10.9. The summed E-state index contributed by atoms with van der Waals surface area (Å²) in [5.41, 5.74) is 3.24. The van der Waals surface area contributed by atoms with Crippen molar-refractivity contribution in [3.63, 3.8) is 0 Å². The maximum absolute atomic E-state index is 12.2. The molecule has 2 aromatic rings. The van der Waals surface area contributed by atoms with E-state index in [1.807, 2.05) is 36.6 Å². The highest BCUT2D eigenvalue weighted by atomic mass is 16.5. The van der Waals surface area contributed by atoms with Crippen molar-refractivity contribution >= 4 is 11.6 Å². The number of nitrogens with zero attached hydrogens (tertiary/aromatic N) is 2. The lowest BCUT2D eigenvalue weighted by molar-refractivity contribution is 0.0942. The van der Waals surface area contributed by atoms with Gasteiger partial charge in [-0.1, -0.05) is 6.07 Å². The lowest BCUT2D eigenvalue weighted by Gasteiger charge is -2.06. The van der Waals surface area contributed by atoms with E-state index < -0.39 is 0 Å². The summed E-state index contributed by atoms with van der Waals surface area (Å²) >= 11 is 0. The number of amides is 1. The molecule has 0 bridgehead atoms. The molecule has 0 unspecified atom stereocenters. The zero-order chi connectivity index (χ0) is 13.8. The van der Waals surface area contributed by atoms with Crippen molar-refractivity contribution in [3.05, 3.63) is 35.3 Å². The summed E-state index contributed by atoms with van der Waals surface area (Å²) in [6.45, 7) is 5.10. The van der Waals surface area contributed by atoms with Crippen molar-refractivity contribution in [2.24, 2.45) is 0 Å². The van der Waals surface area contributed by atoms with Gasteiger partial charge in [0.25, 0.3) is 5.91 Å². The predicted octanol–water partition coefficient (Wildman–Crippen LogP) is 1.72. The molecule has 102 valence electrons. The van der Waals surface area contributed by atoms with E-state index in [2.05, 4.69) is 10.3 Å². The minimum Gasteiger partial charge on any atom is -0.385 e. The van der Waals surface area contributed by atoms with Gasteiger partial charge < -0.3 is 10.1 Å². The number of aromatic nitrogens is 2. The van der Waals surface area contributed by atoms with Gasteiger partial charge in [0, 0.05) is 26.5 Å². The van der Waals surface area contributed by atoms with E-state index in [4.69, 9.17) is 4.74 Å². The molecule has 0 aliphatic heterocycles. The van der Waals surface area contributed by atoms with Gasteiger partial charge in [0.2, 0.25) is 0 Å². The maximum Gasteiger partial charge on any atom is 0.270 e. The molecule has 1 N–H and O–H groups in total. The smallest absolute Gasteiger partial charge is 0.270 e. The average Bonchev–Trinajstić information content (AvgIpc) is 2.70. The fraction of sp³-hybridized carbons (Fsp3) is 0.429. The first-order valence-corrected chi connectivity index (χ1v) is 6.36. The molecule has 5 heteroatoms. The fourth-order valence-corrected chi connectivity index (χ4v) is 2.04. The number of hydrogen-bond donors (Lipinski definition) is 1. The Hall–Kier alpha value is -1.88. The molecule has 5 nitrogen and oxygen atoms in total. The number of fused-ring (bicyclic) bond motifs is 1. The molecule has 2 heterocycles. The highest BCUT2D eigenvalue weighted by Crippen LogP contribution is 2.13. The zero-order valence-electron chi connectivity index (χ0n) is 11.6. The van der Waals surface area contributed by atoms with Crippen LogP contribution in [0.15, 0.2) is 18.3 Å². The second-order valence-corrected chi connectivity index (χ2v) is 4.58. The molecule has 0 radical (unpaired) electrons. The topological polar surface area (TPSA) is 55.6 Å². The fourth-order valence-electron chi connectivity index (χ4n) is 2.04. The number of rotatable bonds is 5. The summed E-state index contributed by atoms with van der Waals surface area (Å²) in [6, 6.07) is 3.91. The Labute approximate surface area is 112 Å². The standard InChI is InChI=1S/C14H19N3O2/c1-10-5-6-12-16-11(2)13(17(12)9-10)14(18)15-7-4-8-19-3/h5-6,9H,4,7-8H2,1-3H3,(H,15,18).